The lowest BCUT2D eigenvalue weighted by molar-refractivity contribution is 0.589. The van der Waals surface area contributed by atoms with Gasteiger partial charge in [-0.15, -0.1) is 0 Å². The molecule has 0 unspecified atom stereocenters. The second-order valence-electron chi connectivity index (χ2n) is 16.3. The molecule has 3 aromatic heterocycles. The number of benzene rings is 9. The van der Waals surface area contributed by atoms with Gasteiger partial charge in [-0.3, -0.25) is 0 Å². The fourth-order valence-corrected chi connectivity index (χ4v) is 9.53. The Bertz CT molecular complexity index is 3790. The Morgan fingerprint density at radius 1 is 0.379 bits per heavy atom. The van der Waals surface area contributed by atoms with Gasteiger partial charge in [0.15, 0.2) is 5.82 Å². The third kappa shape index (κ3) is 6.35. The molecule has 0 saturated carbocycles. The van der Waals surface area contributed by atoms with Crippen molar-refractivity contribution in [3.8, 4) is 73.6 Å². The summed E-state index contributed by atoms with van der Waals surface area (Å²) in [6.45, 7) is 0. The predicted molar refractivity (Wildman–Crippen MR) is 263 cm³/mol. The van der Waals surface area contributed by atoms with Gasteiger partial charge in [-0.05, 0) is 84.4 Å². The molecule has 0 aliphatic carbocycles. The Balaban J connectivity index is 1.13. The number of aromatic nitrogens is 4. The smallest absolute Gasteiger partial charge is 0.160 e. The van der Waals surface area contributed by atoms with E-state index in [1.165, 1.54) is 18.2 Å². The summed E-state index contributed by atoms with van der Waals surface area (Å²) in [5.41, 5.74) is 12.2. The average molecular weight is 852 g/mol. The van der Waals surface area contributed by atoms with Crippen LogP contribution in [0.1, 0.15) is 5.56 Å². The summed E-state index contributed by atoms with van der Waals surface area (Å²) < 4.78 is 35.7. The molecule has 12 aromatic rings. The first-order chi connectivity index (χ1) is 32.5. The van der Waals surface area contributed by atoms with Crippen LogP contribution in [0.3, 0.4) is 0 Å². The highest BCUT2D eigenvalue weighted by atomic mass is 19.1. The van der Waals surface area contributed by atoms with Crippen LogP contribution in [0.5, 0.6) is 0 Å². The van der Waals surface area contributed by atoms with Crippen molar-refractivity contribution in [2.24, 2.45) is 0 Å². The monoisotopic (exact) mass is 851 g/mol. The van der Waals surface area contributed by atoms with E-state index in [0.29, 0.717) is 17.1 Å². The number of nitriles is 1. The van der Waals surface area contributed by atoms with Crippen molar-refractivity contribution in [2.75, 3.05) is 0 Å². The van der Waals surface area contributed by atoms with E-state index < -0.39 is 11.6 Å². The first kappa shape index (κ1) is 38.7. The van der Waals surface area contributed by atoms with Gasteiger partial charge in [0.25, 0.3) is 0 Å². The topological polar surface area (TPSA) is 59.4 Å². The summed E-state index contributed by atoms with van der Waals surface area (Å²) in [6, 6.07) is 71.3. The summed E-state index contributed by atoms with van der Waals surface area (Å²) in [4.78, 5) is 10.3. The van der Waals surface area contributed by atoms with Crippen molar-refractivity contribution in [3.63, 3.8) is 0 Å². The van der Waals surface area contributed by atoms with Crippen LogP contribution in [0.4, 0.5) is 8.78 Å². The molecule has 5 nitrogen and oxygen atoms in total. The van der Waals surface area contributed by atoms with Crippen molar-refractivity contribution in [1.82, 2.24) is 19.1 Å². The van der Waals surface area contributed by atoms with E-state index in [2.05, 4.69) is 120 Å². The molecule has 7 heteroatoms. The number of nitrogens with zero attached hydrogens (tertiary/aromatic N) is 5. The number of para-hydroxylation sites is 3. The van der Waals surface area contributed by atoms with Gasteiger partial charge in [0.05, 0.1) is 62.0 Å². The van der Waals surface area contributed by atoms with Gasteiger partial charge in [0.1, 0.15) is 11.6 Å². The Hall–Kier alpha value is -8.99. The van der Waals surface area contributed by atoms with E-state index in [1.54, 1.807) is 18.2 Å². The molecule has 12 rings (SSSR count). The average Bonchev–Trinajstić information content (AvgIpc) is 3.89. The number of halogens is 2. The molecule has 310 valence electrons. The molecule has 0 atom stereocenters. The number of fused-ring (bicyclic) bond motifs is 6. The lowest BCUT2D eigenvalue weighted by Crippen LogP contribution is -2.01. The van der Waals surface area contributed by atoms with Gasteiger partial charge < -0.3 is 9.13 Å². The van der Waals surface area contributed by atoms with Crippen LogP contribution in [0.25, 0.3) is 111 Å². The number of hydrogen-bond acceptors (Lipinski definition) is 3. The van der Waals surface area contributed by atoms with Crippen molar-refractivity contribution >= 4 is 43.6 Å². The fraction of sp³-hybridized carbons (Fsp3) is 0. The zero-order valence-corrected chi connectivity index (χ0v) is 35.2. The van der Waals surface area contributed by atoms with Crippen LogP contribution in [-0.2, 0) is 0 Å². The minimum atomic E-state index is -0.706. The maximum absolute atomic E-state index is 15.6. The maximum Gasteiger partial charge on any atom is 0.160 e. The van der Waals surface area contributed by atoms with Crippen molar-refractivity contribution in [1.29, 1.82) is 5.26 Å². The van der Waals surface area contributed by atoms with E-state index in [0.717, 1.165) is 88.5 Å². The van der Waals surface area contributed by atoms with Crippen molar-refractivity contribution < 1.29 is 8.78 Å². The molecule has 0 radical (unpaired) electrons. The SMILES string of the molecule is N#Cc1ccc(-n2c3ccccc3c3cc(-c4cc(-c5cc(-c6ccccc6)nc(-c6ccccc6)n5)ccc4-n4c5ccccc5c5ccccc54)ccc32)c(-c2c(F)cccc2F)c1. The van der Waals surface area contributed by atoms with Gasteiger partial charge >= 0.3 is 0 Å². The lowest BCUT2D eigenvalue weighted by atomic mass is 9.96. The van der Waals surface area contributed by atoms with Crippen LogP contribution in [0.2, 0.25) is 0 Å². The molecule has 66 heavy (non-hydrogen) atoms. The standard InChI is InChI=1S/C59H35F2N5/c60-48-21-13-22-49(61)58(48)47-32-37(36-62)26-29-57(47)66-54-25-12-9-20-44(54)46-33-40(27-30-56(46)66)45-34-41(28-31-55(45)65-52-23-10-7-18-42(52)43-19-8-11-24-53(43)65)51-35-50(38-14-3-1-4-15-38)63-59(64-51)39-16-5-2-6-17-39/h1-35H. The van der Waals surface area contributed by atoms with Crippen LogP contribution < -0.4 is 0 Å². The first-order valence-corrected chi connectivity index (χ1v) is 21.7. The molecular weight excluding hydrogens is 817 g/mol. The summed E-state index contributed by atoms with van der Waals surface area (Å²) in [7, 11) is 0. The summed E-state index contributed by atoms with van der Waals surface area (Å²) in [5.74, 6) is -0.781. The zero-order valence-electron chi connectivity index (χ0n) is 35.2. The fourth-order valence-electron chi connectivity index (χ4n) is 9.53. The quantitative estimate of drug-likeness (QED) is 0.160. The molecule has 0 fully saturated rings. The molecule has 0 aliphatic rings. The third-order valence-corrected chi connectivity index (χ3v) is 12.5. The largest absolute Gasteiger partial charge is 0.309 e. The lowest BCUT2D eigenvalue weighted by Gasteiger charge is -2.17. The molecule has 0 saturated heterocycles. The number of hydrogen-bond donors (Lipinski definition) is 0. The molecule has 0 N–H and O–H groups in total. The molecule has 0 bridgehead atoms. The summed E-state index contributed by atoms with van der Waals surface area (Å²) in [5, 5.41) is 14.2. The van der Waals surface area contributed by atoms with Crippen LogP contribution in [0, 0.1) is 23.0 Å². The Labute approximate surface area is 378 Å². The predicted octanol–water partition coefficient (Wildman–Crippen LogP) is 15.2. The van der Waals surface area contributed by atoms with E-state index in [1.807, 2.05) is 71.3 Å². The highest BCUT2D eigenvalue weighted by Crippen LogP contribution is 2.43. The van der Waals surface area contributed by atoms with Crippen LogP contribution in [-0.4, -0.2) is 19.1 Å². The second kappa shape index (κ2) is 15.7. The van der Waals surface area contributed by atoms with Crippen LogP contribution >= 0.6 is 0 Å². The Morgan fingerprint density at radius 2 is 0.879 bits per heavy atom. The third-order valence-electron chi connectivity index (χ3n) is 12.5. The van der Waals surface area contributed by atoms with Crippen molar-refractivity contribution in [3.05, 3.63) is 230 Å². The van der Waals surface area contributed by atoms with E-state index in [-0.39, 0.29) is 11.1 Å². The molecular formula is C59H35F2N5. The zero-order chi connectivity index (χ0) is 44.3. The summed E-state index contributed by atoms with van der Waals surface area (Å²) >= 11 is 0. The first-order valence-electron chi connectivity index (χ1n) is 21.7. The molecule has 0 aliphatic heterocycles. The highest BCUT2D eigenvalue weighted by molar-refractivity contribution is 6.12. The molecule has 9 aromatic carbocycles. The molecule has 0 amide bonds. The van der Waals surface area contributed by atoms with Gasteiger partial charge in [0, 0.05) is 49.4 Å². The minimum absolute atomic E-state index is 0.185. The summed E-state index contributed by atoms with van der Waals surface area (Å²) in [6.07, 6.45) is 0. The van der Waals surface area contributed by atoms with E-state index in [4.69, 9.17) is 9.97 Å². The highest BCUT2D eigenvalue weighted by Gasteiger charge is 2.23. The Kier molecular flexibility index (Phi) is 9.18. The molecule has 3 heterocycles. The van der Waals surface area contributed by atoms with Gasteiger partial charge in [-0.1, -0.05) is 133 Å². The van der Waals surface area contributed by atoms with Gasteiger partial charge in [-0.2, -0.15) is 5.26 Å². The van der Waals surface area contributed by atoms with E-state index >= 15 is 8.78 Å². The van der Waals surface area contributed by atoms with Gasteiger partial charge in [-0.25, -0.2) is 18.7 Å². The Morgan fingerprint density at radius 3 is 1.50 bits per heavy atom. The second-order valence-corrected chi connectivity index (χ2v) is 16.3. The maximum atomic E-state index is 15.6. The normalized spacial score (nSPS) is 11.5. The van der Waals surface area contributed by atoms with Crippen LogP contribution in [0.15, 0.2) is 212 Å². The minimum Gasteiger partial charge on any atom is -0.309 e. The van der Waals surface area contributed by atoms with Gasteiger partial charge in [0.2, 0.25) is 0 Å². The van der Waals surface area contributed by atoms with E-state index in [9.17, 15) is 5.26 Å². The number of rotatable bonds is 7. The molecule has 0 spiro atoms. The van der Waals surface area contributed by atoms with Crippen molar-refractivity contribution in [2.45, 2.75) is 0 Å².